The SMILES string of the molecule is CC(C(=O)OC(C)(C)C)C(C)C(=O)OC12CC3CC(CC(C3)C1)C2.CC(C(=O)OC12CC3CC(CC(C3)C1)C2)C(C)C(=O)SC(C)(C)C.CC(C(=O)OC1CCCC(=O)C1)C(C)C(=O)OC(C)(C)C.CCOC(C)OC(=O)C(C)C(C)C(=O)OC(C)OCC.COCOC(=O)C(C)C(C)C(=O)OC12CC3CC(CC(C3)C1)C2.COCOC(=O)C(C)C(C)C(=O)OCOC. The van der Waals surface area contributed by atoms with E-state index in [1.165, 1.54) is 90.9 Å². The molecular formula is C98H162O29S. The molecule has 734 valence electrons. The number of carbonyl (C=O) groups excluding carboxylic acids is 13. The Morgan fingerprint density at radius 1 is 0.344 bits per heavy atom. The fourth-order valence-electron chi connectivity index (χ4n) is 20.2. The summed E-state index contributed by atoms with van der Waals surface area (Å²) in [4.78, 5) is 156. The Hall–Kier alpha value is -6.34. The van der Waals surface area contributed by atoms with E-state index >= 15 is 0 Å². The van der Waals surface area contributed by atoms with Crippen LogP contribution < -0.4 is 0 Å². The fourth-order valence-corrected chi connectivity index (χ4v) is 21.2. The number of thioether (sulfide) groups is 1. The summed E-state index contributed by atoms with van der Waals surface area (Å²) >= 11 is 1.33. The largest absolute Gasteiger partial charge is 0.462 e. The predicted octanol–water partition coefficient (Wildman–Crippen LogP) is 17.2. The van der Waals surface area contributed by atoms with Gasteiger partial charge in [0.1, 0.15) is 39.9 Å². The molecule has 13 fully saturated rings. The molecule has 0 aliphatic heterocycles. The van der Waals surface area contributed by atoms with Crippen molar-refractivity contribution in [2.24, 2.45) is 124 Å². The second-order valence-corrected chi connectivity index (χ2v) is 43.7. The summed E-state index contributed by atoms with van der Waals surface area (Å²) in [6.07, 6.45) is 21.9. The third kappa shape index (κ3) is 35.9. The minimum atomic E-state index is -0.625. The van der Waals surface area contributed by atoms with E-state index in [9.17, 15) is 62.3 Å². The molecule has 13 saturated carbocycles. The molecular weight excluding hydrogens is 1670 g/mol. The van der Waals surface area contributed by atoms with Gasteiger partial charge in [-0.05, 0) is 251 Å². The van der Waals surface area contributed by atoms with E-state index in [-0.39, 0.29) is 94.6 Å². The quantitative estimate of drug-likeness (QED) is 0.0328. The van der Waals surface area contributed by atoms with E-state index in [1.807, 2.05) is 69.2 Å². The van der Waals surface area contributed by atoms with E-state index in [1.54, 1.807) is 104 Å². The van der Waals surface area contributed by atoms with E-state index in [2.05, 4.69) is 9.47 Å². The lowest BCUT2D eigenvalue weighted by molar-refractivity contribution is -0.194. The van der Waals surface area contributed by atoms with Crippen molar-refractivity contribution >= 4 is 88.3 Å². The van der Waals surface area contributed by atoms with E-state index in [0.29, 0.717) is 32.5 Å². The summed E-state index contributed by atoms with van der Waals surface area (Å²) in [6, 6.07) is 0. The van der Waals surface area contributed by atoms with Crippen molar-refractivity contribution in [3.05, 3.63) is 0 Å². The molecule has 128 heavy (non-hydrogen) atoms. The molecule has 13 rings (SSSR count). The smallest absolute Gasteiger partial charge is 0.311 e. The zero-order valence-corrected chi connectivity index (χ0v) is 83.5. The number of rotatable bonds is 34. The summed E-state index contributed by atoms with van der Waals surface area (Å²) in [6.45, 7) is 44.9. The summed E-state index contributed by atoms with van der Waals surface area (Å²) in [5.41, 5.74) is -1.82. The highest BCUT2D eigenvalue weighted by molar-refractivity contribution is 8.14. The maximum Gasteiger partial charge on any atom is 0.311 e. The molecule has 0 N–H and O–H groups in total. The van der Waals surface area contributed by atoms with E-state index in [4.69, 9.17) is 66.3 Å². The lowest BCUT2D eigenvalue weighted by Crippen LogP contribution is -2.53. The van der Waals surface area contributed by atoms with Gasteiger partial charge in [-0.15, -0.1) is 0 Å². The van der Waals surface area contributed by atoms with Gasteiger partial charge in [-0.3, -0.25) is 62.3 Å². The molecule has 0 aromatic rings. The Morgan fingerprint density at radius 2 is 0.586 bits per heavy atom. The molecule has 13 aliphatic carbocycles. The highest BCUT2D eigenvalue weighted by Gasteiger charge is 2.57. The molecule has 0 spiro atoms. The Labute approximate surface area is 767 Å². The van der Waals surface area contributed by atoms with Crippen LogP contribution in [0.15, 0.2) is 0 Å². The molecule has 30 heteroatoms. The first-order valence-corrected chi connectivity index (χ1v) is 48.0. The summed E-state index contributed by atoms with van der Waals surface area (Å²) in [7, 11) is 4.28. The number of ether oxygens (including phenoxy) is 16. The third-order valence-electron chi connectivity index (χ3n) is 27.1. The zero-order chi connectivity index (χ0) is 96.5. The van der Waals surface area contributed by atoms with Crippen LogP contribution in [0.1, 0.15) is 314 Å². The van der Waals surface area contributed by atoms with Crippen LogP contribution in [0.2, 0.25) is 0 Å². The second-order valence-electron chi connectivity index (χ2n) is 41.9. The van der Waals surface area contributed by atoms with Gasteiger partial charge < -0.3 is 75.8 Å². The molecule has 0 radical (unpaired) electrons. The van der Waals surface area contributed by atoms with E-state index in [0.717, 1.165) is 117 Å². The number of methoxy groups -OCH3 is 3. The van der Waals surface area contributed by atoms with Gasteiger partial charge in [0, 0.05) is 58.0 Å². The highest BCUT2D eigenvalue weighted by Crippen LogP contribution is 2.60. The molecule has 15 atom stereocenters. The van der Waals surface area contributed by atoms with Gasteiger partial charge >= 0.3 is 65.7 Å². The number of hydrogen-bond donors (Lipinski definition) is 0. The average Bonchev–Trinajstić information content (AvgIpc) is 0.757. The lowest BCUT2D eigenvalue weighted by Gasteiger charge is -2.55. The molecule has 0 aromatic heterocycles. The van der Waals surface area contributed by atoms with Crippen LogP contribution in [0, 0.1) is 124 Å². The monoisotopic (exact) mass is 1840 g/mol. The molecule has 0 amide bonds. The first-order chi connectivity index (χ1) is 59.5. The van der Waals surface area contributed by atoms with Gasteiger partial charge in [0.15, 0.2) is 38.1 Å². The van der Waals surface area contributed by atoms with Crippen molar-refractivity contribution in [2.45, 2.75) is 366 Å². The minimum Gasteiger partial charge on any atom is -0.462 e. The summed E-state index contributed by atoms with van der Waals surface area (Å²) < 4.78 is 82.8. The van der Waals surface area contributed by atoms with Crippen molar-refractivity contribution < 1.29 is 138 Å². The van der Waals surface area contributed by atoms with Gasteiger partial charge in [-0.1, -0.05) is 116 Å². The molecule has 13 aliphatic rings. The van der Waals surface area contributed by atoms with Gasteiger partial charge in [-0.25, -0.2) is 0 Å². The number of carbonyl (C=O) groups is 13. The average molecular weight is 1840 g/mol. The first kappa shape index (κ1) is 112. The van der Waals surface area contributed by atoms with Crippen molar-refractivity contribution in [2.75, 3.05) is 54.9 Å². The Kier molecular flexibility index (Phi) is 44.4. The van der Waals surface area contributed by atoms with Gasteiger partial charge in [-0.2, -0.15) is 0 Å². The Bertz CT molecular complexity index is 3370. The molecule has 12 bridgehead atoms. The molecule has 0 saturated heterocycles. The summed E-state index contributed by atoms with van der Waals surface area (Å²) in [5, 5.41) is 0.0949. The number of hydrogen-bond acceptors (Lipinski definition) is 30. The summed E-state index contributed by atoms with van der Waals surface area (Å²) in [5.74, 6) is -3.55. The van der Waals surface area contributed by atoms with Gasteiger partial charge in [0.05, 0.1) is 65.1 Å². The molecule has 0 heterocycles. The van der Waals surface area contributed by atoms with Gasteiger partial charge in [0.2, 0.25) is 0 Å². The van der Waals surface area contributed by atoms with Crippen molar-refractivity contribution in [3.63, 3.8) is 0 Å². The molecule has 29 nitrogen and oxygen atoms in total. The maximum absolute atomic E-state index is 12.8. The van der Waals surface area contributed by atoms with Gasteiger partial charge in [0.25, 0.3) is 0 Å². The Morgan fingerprint density at radius 3 is 0.828 bits per heavy atom. The normalized spacial score (nSPS) is 28.6. The van der Waals surface area contributed by atoms with E-state index < -0.39 is 125 Å². The lowest BCUT2D eigenvalue weighted by atomic mass is 9.54. The highest BCUT2D eigenvalue weighted by atomic mass is 32.2. The predicted molar refractivity (Wildman–Crippen MR) is 477 cm³/mol. The van der Waals surface area contributed by atoms with Crippen LogP contribution in [-0.4, -0.2) is 183 Å². The second kappa shape index (κ2) is 50.7. The number of Topliss-reactive ketones (excluding diaryl/α,β-unsaturated/α-hetero) is 1. The van der Waals surface area contributed by atoms with Crippen LogP contribution >= 0.6 is 11.8 Å². The zero-order valence-electron chi connectivity index (χ0n) is 82.7. The Balaban J connectivity index is 0.000000274. The number of ketones is 1. The first-order valence-electron chi connectivity index (χ1n) is 47.2. The standard InChI is InChI=1S/C20H32O4.C20H32O3S.C18H28O5.C16H26O5.C14H26O6.C10H18O6/c1-12(17(21)23-19(3,4)5)13(2)18(22)24-20-9-14-6-15(10-20)8-16(7-14)11-20;1-12(13(2)18(22)24-19(3,4)5)17(21)23-20-9-14-6-15(10-20)8-16(7-14)11-20;1-11(16(19)22-10-21-3)12(2)17(20)23-18-7-13-4-14(8-18)6-15(5-13)9-18;1-10(11(2)15(19)21-16(3,4)5)14(18)20-13-8-6-7-12(17)9-13;1-7-17-11(5)19-13(15)9(3)10(4)14(16)20-12(6)18-8-2;1-7(9(11)15-5-13-3)8(2)10(12)16-6-14-4/h2*12-16H,6-11H2,1-5H3;11-15H,4-10H2,1-3H3;10-11,13H,6-9H2,1-5H3;9-12H,7-8H2,1-6H3;7-8H,5-6H2,1-4H3. The topological polar surface area (TPSA) is 370 Å². The van der Waals surface area contributed by atoms with Crippen LogP contribution in [0.4, 0.5) is 0 Å². The van der Waals surface area contributed by atoms with Crippen LogP contribution in [0.3, 0.4) is 0 Å². The van der Waals surface area contributed by atoms with Crippen LogP contribution in [-0.2, 0) is 138 Å². The van der Waals surface area contributed by atoms with Crippen LogP contribution in [0.5, 0.6) is 0 Å². The third-order valence-corrected chi connectivity index (χ3v) is 28.3. The molecule has 0 aromatic carbocycles. The van der Waals surface area contributed by atoms with Crippen LogP contribution in [0.25, 0.3) is 0 Å². The fraction of sp³-hybridized carbons (Fsp3) is 0.867. The minimum absolute atomic E-state index is 0.0834. The van der Waals surface area contributed by atoms with Crippen molar-refractivity contribution in [1.82, 2.24) is 0 Å². The maximum atomic E-state index is 12.8. The van der Waals surface area contributed by atoms with Crippen molar-refractivity contribution in [1.29, 1.82) is 0 Å². The molecule has 15 unspecified atom stereocenters. The van der Waals surface area contributed by atoms with Crippen molar-refractivity contribution in [3.8, 4) is 0 Å². The number of esters is 11.